The van der Waals surface area contributed by atoms with E-state index in [1.807, 2.05) is 25.1 Å². The average Bonchev–Trinajstić information content (AvgIpc) is 3.07. The first-order chi connectivity index (χ1) is 12.9. The molecular weight excluding hydrogens is 366 g/mol. The van der Waals surface area contributed by atoms with Gasteiger partial charge in [-0.2, -0.15) is 0 Å². The minimum Gasteiger partial charge on any atom is -0.437 e. The highest BCUT2D eigenvalue weighted by Crippen LogP contribution is 2.15. The van der Waals surface area contributed by atoms with Crippen molar-refractivity contribution in [2.45, 2.75) is 11.8 Å². The van der Waals surface area contributed by atoms with Crippen LogP contribution >= 0.6 is 0 Å². The Kier molecular flexibility index (Phi) is 5.68. The summed E-state index contributed by atoms with van der Waals surface area (Å²) >= 11 is 0. The second-order valence-electron chi connectivity index (χ2n) is 5.86. The largest absolute Gasteiger partial charge is 0.437 e. The number of amides is 1. The summed E-state index contributed by atoms with van der Waals surface area (Å²) < 4.78 is 32.2. The molecule has 0 spiro atoms. The molecule has 2 N–H and O–H groups in total. The highest BCUT2D eigenvalue weighted by molar-refractivity contribution is 7.89. The van der Waals surface area contributed by atoms with Crippen LogP contribution in [0.15, 0.2) is 63.9 Å². The lowest BCUT2D eigenvalue weighted by atomic mass is 10.2. The number of hydrogen-bond acceptors (Lipinski definition) is 5. The maximum Gasteiger partial charge on any atom is 0.244 e. The van der Waals surface area contributed by atoms with Gasteiger partial charge in [0.1, 0.15) is 5.52 Å². The first-order valence-corrected chi connectivity index (χ1v) is 9.80. The number of carbonyl (C=O) groups excluding carboxylic acids is 1. The minimum absolute atomic E-state index is 0.0820. The second-order valence-corrected chi connectivity index (χ2v) is 7.62. The predicted octanol–water partition coefficient (Wildman–Crippen LogP) is 2.24. The van der Waals surface area contributed by atoms with E-state index in [1.165, 1.54) is 12.2 Å². The Balaban J connectivity index is 1.47. The van der Waals surface area contributed by atoms with E-state index >= 15 is 0 Å². The minimum atomic E-state index is -3.59. The molecule has 3 rings (SSSR count). The number of carbonyl (C=O) groups is 1. The molecule has 8 heteroatoms. The number of fused-ring (bicyclic) bond motifs is 1. The van der Waals surface area contributed by atoms with E-state index in [9.17, 15) is 13.2 Å². The van der Waals surface area contributed by atoms with E-state index in [0.717, 1.165) is 5.56 Å². The number of aryl methyl sites for hydroxylation is 1. The fourth-order valence-corrected chi connectivity index (χ4v) is 3.37. The Bertz CT molecular complexity index is 1040. The quantitative estimate of drug-likeness (QED) is 0.480. The summed E-state index contributed by atoms with van der Waals surface area (Å²) in [6.07, 6.45) is 2.75. The average molecular weight is 385 g/mol. The molecular formula is C19H19N3O4S. The molecule has 7 nitrogen and oxygen atoms in total. The third-order valence-corrected chi connectivity index (χ3v) is 5.21. The molecule has 0 unspecified atom stereocenters. The molecule has 3 aromatic rings. The van der Waals surface area contributed by atoms with Crippen LogP contribution in [0.2, 0.25) is 0 Å². The van der Waals surface area contributed by atoms with Gasteiger partial charge in [-0.25, -0.2) is 18.1 Å². The molecule has 0 aliphatic rings. The molecule has 0 aliphatic heterocycles. The van der Waals surface area contributed by atoms with Crippen molar-refractivity contribution in [1.82, 2.24) is 15.0 Å². The van der Waals surface area contributed by atoms with Crippen LogP contribution in [-0.2, 0) is 14.8 Å². The maximum absolute atomic E-state index is 12.1. The molecule has 0 saturated carbocycles. The molecule has 140 valence electrons. The second kappa shape index (κ2) is 8.15. The van der Waals surface area contributed by atoms with Gasteiger partial charge in [-0.15, -0.1) is 0 Å². The summed E-state index contributed by atoms with van der Waals surface area (Å²) in [5.41, 5.74) is 2.33. The number of nitrogens with one attached hydrogen (secondary N) is 2. The van der Waals surface area contributed by atoms with Crippen LogP contribution in [0.1, 0.15) is 11.5 Å². The van der Waals surface area contributed by atoms with E-state index in [-0.39, 0.29) is 23.9 Å². The number of benzene rings is 2. The Morgan fingerprint density at radius 2 is 1.85 bits per heavy atom. The highest BCUT2D eigenvalue weighted by atomic mass is 32.2. The standard InChI is InChI=1S/C19H19N3O4S/c1-14-6-8-15(9-7-14)27(24,25)21-13-12-20-18(23)10-11-19-22-16-4-2-3-5-17(16)26-19/h2-11,21H,12-13H2,1H3,(H,20,23)/b11-10+. The zero-order valence-electron chi connectivity index (χ0n) is 14.7. The summed E-state index contributed by atoms with van der Waals surface area (Å²) in [5.74, 6) is -0.0433. The smallest absolute Gasteiger partial charge is 0.244 e. The third-order valence-electron chi connectivity index (χ3n) is 3.74. The van der Waals surface area contributed by atoms with Gasteiger partial charge in [0.2, 0.25) is 21.8 Å². The molecule has 0 fully saturated rings. The topological polar surface area (TPSA) is 101 Å². The van der Waals surface area contributed by atoms with Gasteiger partial charge >= 0.3 is 0 Å². The molecule has 1 aromatic heterocycles. The van der Waals surface area contributed by atoms with Gasteiger partial charge in [0.25, 0.3) is 0 Å². The van der Waals surface area contributed by atoms with Crippen LogP contribution < -0.4 is 10.0 Å². The van der Waals surface area contributed by atoms with E-state index in [0.29, 0.717) is 17.0 Å². The van der Waals surface area contributed by atoms with E-state index < -0.39 is 10.0 Å². The summed E-state index contributed by atoms with van der Waals surface area (Å²) in [6.45, 7) is 2.12. The summed E-state index contributed by atoms with van der Waals surface area (Å²) in [4.78, 5) is 16.2. The van der Waals surface area contributed by atoms with Gasteiger partial charge < -0.3 is 9.73 Å². The van der Waals surface area contributed by atoms with Gasteiger partial charge in [-0.3, -0.25) is 4.79 Å². The number of para-hydroxylation sites is 2. The molecule has 1 heterocycles. The van der Waals surface area contributed by atoms with Crippen molar-refractivity contribution in [3.8, 4) is 0 Å². The lowest BCUT2D eigenvalue weighted by molar-refractivity contribution is -0.116. The first kappa shape index (κ1) is 18.8. The molecule has 2 aromatic carbocycles. The molecule has 0 radical (unpaired) electrons. The molecule has 0 saturated heterocycles. The lowest BCUT2D eigenvalue weighted by Gasteiger charge is -2.07. The molecule has 0 aliphatic carbocycles. The Morgan fingerprint density at radius 3 is 2.59 bits per heavy atom. The SMILES string of the molecule is Cc1ccc(S(=O)(=O)NCCNC(=O)/C=C/c2nc3ccccc3o2)cc1. The van der Waals surface area contributed by atoms with Gasteiger partial charge in [-0.1, -0.05) is 29.8 Å². The Labute approximate surface area is 157 Å². The van der Waals surface area contributed by atoms with Gasteiger partial charge in [0, 0.05) is 25.2 Å². The zero-order chi connectivity index (χ0) is 19.3. The molecule has 0 atom stereocenters. The fourth-order valence-electron chi connectivity index (χ4n) is 2.34. The fraction of sp³-hybridized carbons (Fsp3) is 0.158. The van der Waals surface area contributed by atoms with Gasteiger partial charge in [0.15, 0.2) is 5.58 Å². The van der Waals surface area contributed by atoms with Crippen molar-refractivity contribution in [2.24, 2.45) is 0 Å². The number of aromatic nitrogens is 1. The van der Waals surface area contributed by atoms with Crippen molar-refractivity contribution in [2.75, 3.05) is 13.1 Å². The maximum atomic E-state index is 12.1. The number of oxazole rings is 1. The highest BCUT2D eigenvalue weighted by Gasteiger charge is 2.12. The van der Waals surface area contributed by atoms with Gasteiger partial charge in [-0.05, 0) is 31.2 Å². The van der Waals surface area contributed by atoms with Crippen molar-refractivity contribution in [3.05, 3.63) is 66.1 Å². The molecule has 0 bridgehead atoms. The van der Waals surface area contributed by atoms with Crippen LogP contribution in [0.25, 0.3) is 17.2 Å². The first-order valence-electron chi connectivity index (χ1n) is 8.32. The number of rotatable bonds is 7. The van der Waals surface area contributed by atoms with Crippen molar-refractivity contribution in [1.29, 1.82) is 0 Å². The normalized spacial score (nSPS) is 11.9. The zero-order valence-corrected chi connectivity index (χ0v) is 15.5. The lowest BCUT2D eigenvalue weighted by Crippen LogP contribution is -2.34. The summed E-state index contributed by atoms with van der Waals surface area (Å²) in [6, 6.07) is 13.8. The molecule has 1 amide bonds. The number of sulfonamides is 1. The summed E-state index contributed by atoms with van der Waals surface area (Å²) in [7, 11) is -3.59. The number of nitrogens with zero attached hydrogens (tertiary/aromatic N) is 1. The van der Waals surface area contributed by atoms with Crippen LogP contribution in [0.4, 0.5) is 0 Å². The van der Waals surface area contributed by atoms with Crippen LogP contribution in [-0.4, -0.2) is 32.4 Å². The molecule has 27 heavy (non-hydrogen) atoms. The van der Waals surface area contributed by atoms with Crippen molar-refractivity contribution >= 4 is 33.1 Å². The van der Waals surface area contributed by atoms with Crippen LogP contribution in [0, 0.1) is 6.92 Å². The van der Waals surface area contributed by atoms with E-state index in [4.69, 9.17) is 4.42 Å². The third kappa shape index (κ3) is 5.02. The van der Waals surface area contributed by atoms with Crippen molar-refractivity contribution < 1.29 is 17.6 Å². The van der Waals surface area contributed by atoms with Gasteiger partial charge in [0.05, 0.1) is 4.90 Å². The summed E-state index contributed by atoms with van der Waals surface area (Å²) in [5, 5.41) is 2.60. The number of hydrogen-bond donors (Lipinski definition) is 2. The van der Waals surface area contributed by atoms with E-state index in [1.54, 1.807) is 30.3 Å². The van der Waals surface area contributed by atoms with Crippen LogP contribution in [0.3, 0.4) is 0 Å². The monoisotopic (exact) mass is 385 g/mol. The Hall–Kier alpha value is -2.97. The van der Waals surface area contributed by atoms with Crippen molar-refractivity contribution in [3.63, 3.8) is 0 Å². The predicted molar refractivity (Wildman–Crippen MR) is 102 cm³/mol. The van der Waals surface area contributed by atoms with E-state index in [2.05, 4.69) is 15.0 Å². The Morgan fingerprint density at radius 1 is 1.11 bits per heavy atom. The van der Waals surface area contributed by atoms with Crippen LogP contribution in [0.5, 0.6) is 0 Å².